The highest BCUT2D eigenvalue weighted by Crippen LogP contribution is 2.46. The van der Waals surface area contributed by atoms with Gasteiger partial charge in [-0.2, -0.15) is 0 Å². The van der Waals surface area contributed by atoms with Gasteiger partial charge in [-0.1, -0.05) is 78.9 Å². The molecule has 0 fully saturated rings. The van der Waals surface area contributed by atoms with Crippen molar-refractivity contribution in [3.63, 3.8) is 0 Å². The molecule has 0 aliphatic heterocycles. The minimum atomic E-state index is -1.57. The first-order chi connectivity index (χ1) is 15.6. The van der Waals surface area contributed by atoms with Gasteiger partial charge in [0.1, 0.15) is 11.6 Å². The first-order valence-corrected chi connectivity index (χ1v) is 10.4. The molecular formula is C28H22FNO2. The van der Waals surface area contributed by atoms with Crippen molar-refractivity contribution in [3.8, 4) is 16.9 Å². The van der Waals surface area contributed by atoms with E-state index in [1.165, 1.54) is 12.1 Å². The molecule has 0 saturated heterocycles. The Morgan fingerprint density at radius 1 is 0.812 bits per heavy atom. The van der Waals surface area contributed by atoms with E-state index in [9.17, 15) is 9.50 Å². The Balaban J connectivity index is 1.92. The number of rotatable bonds is 5. The van der Waals surface area contributed by atoms with Crippen LogP contribution in [-0.2, 0) is 5.60 Å². The summed E-state index contributed by atoms with van der Waals surface area (Å²) in [6, 6.07) is 31.3. The molecule has 1 unspecified atom stereocenters. The molecule has 0 radical (unpaired) electrons. The largest absolute Gasteiger partial charge is 0.496 e. The lowest BCUT2D eigenvalue weighted by Crippen LogP contribution is -2.30. The first-order valence-electron chi connectivity index (χ1n) is 10.4. The molecule has 0 spiro atoms. The Kier molecular flexibility index (Phi) is 5.00. The van der Waals surface area contributed by atoms with E-state index in [4.69, 9.17) is 4.74 Å². The van der Waals surface area contributed by atoms with Crippen LogP contribution in [0.5, 0.6) is 5.75 Å². The Labute approximate surface area is 185 Å². The third kappa shape index (κ3) is 3.17. The number of aromatic amines is 1. The number of fused-ring (bicyclic) bond motifs is 1. The molecule has 1 heterocycles. The standard InChI is InChI=1S/C28H22FNO2/c1-32-25-15-9-8-14-23(25)28(31,20-12-6-3-7-13-20)27-26(19-10-4-2-5-11-19)22-17-16-21(29)18-24(22)30-27/h2-18,30-31H,1H3. The summed E-state index contributed by atoms with van der Waals surface area (Å²) >= 11 is 0. The van der Waals surface area contributed by atoms with Crippen LogP contribution in [-0.4, -0.2) is 17.2 Å². The molecule has 0 bridgehead atoms. The number of ether oxygens (including phenoxy) is 1. The number of para-hydroxylation sites is 1. The predicted molar refractivity (Wildman–Crippen MR) is 125 cm³/mol. The summed E-state index contributed by atoms with van der Waals surface area (Å²) in [6.07, 6.45) is 0. The van der Waals surface area contributed by atoms with Gasteiger partial charge < -0.3 is 14.8 Å². The number of benzene rings is 4. The fourth-order valence-corrected chi connectivity index (χ4v) is 4.40. The van der Waals surface area contributed by atoms with Crippen molar-refractivity contribution in [2.45, 2.75) is 5.60 Å². The minimum absolute atomic E-state index is 0.342. The molecular weight excluding hydrogens is 401 g/mol. The molecule has 0 amide bonds. The number of methoxy groups -OCH3 is 1. The van der Waals surface area contributed by atoms with Crippen LogP contribution >= 0.6 is 0 Å². The van der Waals surface area contributed by atoms with E-state index in [1.54, 1.807) is 13.2 Å². The van der Waals surface area contributed by atoms with E-state index in [0.29, 0.717) is 28.1 Å². The van der Waals surface area contributed by atoms with Crippen molar-refractivity contribution in [2.24, 2.45) is 0 Å². The Hall–Kier alpha value is -3.89. The second kappa shape index (κ2) is 7.98. The molecule has 2 N–H and O–H groups in total. The van der Waals surface area contributed by atoms with Crippen LogP contribution in [0.15, 0.2) is 103 Å². The van der Waals surface area contributed by atoms with Gasteiger partial charge in [-0.15, -0.1) is 0 Å². The van der Waals surface area contributed by atoms with Crippen LogP contribution in [0.2, 0.25) is 0 Å². The highest BCUT2D eigenvalue weighted by atomic mass is 19.1. The van der Waals surface area contributed by atoms with Gasteiger partial charge in [-0.05, 0) is 35.4 Å². The summed E-state index contributed by atoms with van der Waals surface area (Å²) in [4.78, 5) is 3.35. The number of hydrogen-bond donors (Lipinski definition) is 2. The maximum Gasteiger partial charge on any atom is 0.159 e. The van der Waals surface area contributed by atoms with Crippen LogP contribution in [0.25, 0.3) is 22.0 Å². The summed E-state index contributed by atoms with van der Waals surface area (Å²) < 4.78 is 19.8. The predicted octanol–water partition coefficient (Wildman–Crippen LogP) is 6.27. The van der Waals surface area contributed by atoms with E-state index in [0.717, 1.165) is 16.5 Å². The highest BCUT2D eigenvalue weighted by Gasteiger charge is 2.40. The van der Waals surface area contributed by atoms with Gasteiger partial charge in [0.25, 0.3) is 0 Å². The van der Waals surface area contributed by atoms with E-state index in [1.807, 2.05) is 84.9 Å². The van der Waals surface area contributed by atoms with Crippen LogP contribution < -0.4 is 4.74 Å². The minimum Gasteiger partial charge on any atom is -0.496 e. The Morgan fingerprint density at radius 3 is 2.19 bits per heavy atom. The van der Waals surface area contributed by atoms with Gasteiger partial charge in [0, 0.05) is 22.0 Å². The number of hydrogen-bond acceptors (Lipinski definition) is 2. The average molecular weight is 423 g/mol. The monoisotopic (exact) mass is 423 g/mol. The number of nitrogens with one attached hydrogen (secondary N) is 1. The first kappa shape index (κ1) is 20.0. The second-order valence-corrected chi connectivity index (χ2v) is 7.71. The van der Waals surface area contributed by atoms with Crippen molar-refractivity contribution in [3.05, 3.63) is 126 Å². The molecule has 0 saturated carbocycles. The molecule has 0 aliphatic carbocycles. The summed E-state index contributed by atoms with van der Waals surface area (Å²) in [7, 11) is 1.59. The fraction of sp³-hybridized carbons (Fsp3) is 0.0714. The van der Waals surface area contributed by atoms with Crippen molar-refractivity contribution in [1.82, 2.24) is 4.98 Å². The van der Waals surface area contributed by atoms with Crippen LogP contribution in [0, 0.1) is 5.82 Å². The van der Waals surface area contributed by atoms with Gasteiger partial charge in [-0.3, -0.25) is 0 Å². The lowest BCUT2D eigenvalue weighted by atomic mass is 9.80. The molecule has 32 heavy (non-hydrogen) atoms. The molecule has 0 aliphatic rings. The quantitative estimate of drug-likeness (QED) is 0.350. The van der Waals surface area contributed by atoms with Crippen LogP contribution in [0.4, 0.5) is 4.39 Å². The lowest BCUT2D eigenvalue weighted by molar-refractivity contribution is 0.119. The molecule has 1 aromatic heterocycles. The van der Waals surface area contributed by atoms with Crippen molar-refractivity contribution in [1.29, 1.82) is 0 Å². The number of aromatic nitrogens is 1. The zero-order valence-corrected chi connectivity index (χ0v) is 17.5. The fourth-order valence-electron chi connectivity index (χ4n) is 4.40. The van der Waals surface area contributed by atoms with Gasteiger partial charge in [0.15, 0.2) is 5.60 Å². The normalized spacial score (nSPS) is 13.1. The van der Waals surface area contributed by atoms with Crippen molar-refractivity contribution in [2.75, 3.05) is 7.11 Å². The van der Waals surface area contributed by atoms with Crippen LogP contribution in [0.1, 0.15) is 16.8 Å². The molecule has 1 atom stereocenters. The molecule has 158 valence electrons. The molecule has 5 aromatic rings. The van der Waals surface area contributed by atoms with E-state index < -0.39 is 5.60 Å². The van der Waals surface area contributed by atoms with E-state index in [2.05, 4.69) is 4.98 Å². The van der Waals surface area contributed by atoms with E-state index in [-0.39, 0.29) is 5.82 Å². The van der Waals surface area contributed by atoms with Crippen molar-refractivity contribution >= 4 is 10.9 Å². The summed E-state index contributed by atoms with van der Waals surface area (Å²) in [6.45, 7) is 0. The lowest BCUT2D eigenvalue weighted by Gasteiger charge is -2.31. The molecule has 4 aromatic carbocycles. The smallest absolute Gasteiger partial charge is 0.159 e. The molecule has 5 rings (SSSR count). The topological polar surface area (TPSA) is 45.2 Å². The summed E-state index contributed by atoms with van der Waals surface area (Å²) in [5, 5.41) is 13.4. The van der Waals surface area contributed by atoms with Crippen LogP contribution in [0.3, 0.4) is 0 Å². The maximum atomic E-state index is 14.1. The third-order valence-electron chi connectivity index (χ3n) is 5.87. The molecule has 3 nitrogen and oxygen atoms in total. The number of aliphatic hydroxyl groups is 1. The average Bonchev–Trinajstić information content (AvgIpc) is 3.23. The number of halogens is 1. The Morgan fingerprint density at radius 2 is 1.47 bits per heavy atom. The highest BCUT2D eigenvalue weighted by molar-refractivity contribution is 5.98. The molecule has 4 heteroatoms. The number of H-pyrrole nitrogens is 1. The van der Waals surface area contributed by atoms with E-state index >= 15 is 0 Å². The Bertz CT molecular complexity index is 1380. The zero-order valence-electron chi connectivity index (χ0n) is 17.5. The van der Waals surface area contributed by atoms with Gasteiger partial charge in [0.2, 0.25) is 0 Å². The van der Waals surface area contributed by atoms with Crippen molar-refractivity contribution < 1.29 is 14.2 Å². The third-order valence-corrected chi connectivity index (χ3v) is 5.87. The SMILES string of the molecule is COc1ccccc1C(O)(c1ccccc1)c1[nH]c2cc(F)ccc2c1-c1ccccc1. The zero-order chi connectivity index (χ0) is 22.1. The van der Waals surface area contributed by atoms with Gasteiger partial charge in [-0.25, -0.2) is 4.39 Å². The maximum absolute atomic E-state index is 14.1. The summed E-state index contributed by atoms with van der Waals surface area (Å²) in [5.74, 6) is 0.216. The second-order valence-electron chi connectivity index (χ2n) is 7.71. The summed E-state index contributed by atoms with van der Waals surface area (Å²) in [5.41, 5.74) is 2.60. The van der Waals surface area contributed by atoms with Gasteiger partial charge >= 0.3 is 0 Å². The van der Waals surface area contributed by atoms with Gasteiger partial charge in [0.05, 0.1) is 12.8 Å².